The number of rotatable bonds is 6. The SMILES string of the molecule is CC[C@@H](NC(=O)COc1cc(Cl)c(Cl)cc1Cl)c1ccc(C)cc1. The molecule has 0 spiro atoms. The fraction of sp³-hybridized carbons (Fsp3) is 0.278. The molecule has 2 aromatic rings. The van der Waals surface area contributed by atoms with Crippen molar-refractivity contribution in [3.05, 3.63) is 62.6 Å². The van der Waals surface area contributed by atoms with E-state index in [1.807, 2.05) is 38.1 Å². The van der Waals surface area contributed by atoms with E-state index in [0.717, 1.165) is 12.0 Å². The second-order valence-corrected chi connectivity index (χ2v) is 6.65. The summed E-state index contributed by atoms with van der Waals surface area (Å²) in [6.07, 6.45) is 0.780. The van der Waals surface area contributed by atoms with E-state index in [1.165, 1.54) is 17.7 Å². The van der Waals surface area contributed by atoms with Gasteiger partial charge in [0, 0.05) is 6.07 Å². The molecule has 1 amide bonds. The number of ether oxygens (including phenoxy) is 1. The lowest BCUT2D eigenvalue weighted by atomic mass is 10.0. The number of benzene rings is 2. The molecule has 3 nitrogen and oxygen atoms in total. The number of amides is 1. The molecule has 0 bridgehead atoms. The highest BCUT2D eigenvalue weighted by molar-refractivity contribution is 6.43. The summed E-state index contributed by atoms with van der Waals surface area (Å²) in [7, 11) is 0. The monoisotopic (exact) mass is 385 g/mol. The first-order valence-corrected chi connectivity index (χ1v) is 8.67. The Bertz CT molecular complexity index is 717. The molecule has 6 heteroatoms. The summed E-state index contributed by atoms with van der Waals surface area (Å²) >= 11 is 17.8. The number of hydrogen-bond acceptors (Lipinski definition) is 2. The molecule has 128 valence electrons. The highest BCUT2D eigenvalue weighted by Crippen LogP contribution is 2.33. The third kappa shape index (κ3) is 5.04. The van der Waals surface area contributed by atoms with E-state index in [-0.39, 0.29) is 18.6 Å². The number of carbonyl (C=O) groups excluding carboxylic acids is 1. The Balaban J connectivity index is 1.97. The van der Waals surface area contributed by atoms with Gasteiger partial charge in [0.1, 0.15) is 5.75 Å². The lowest BCUT2D eigenvalue weighted by Gasteiger charge is -2.18. The van der Waals surface area contributed by atoms with E-state index >= 15 is 0 Å². The number of nitrogens with one attached hydrogen (secondary N) is 1. The van der Waals surface area contributed by atoms with Crippen LogP contribution < -0.4 is 10.1 Å². The summed E-state index contributed by atoms with van der Waals surface area (Å²) in [6.45, 7) is 3.89. The Morgan fingerprint density at radius 2 is 1.71 bits per heavy atom. The van der Waals surface area contributed by atoms with Crippen molar-refractivity contribution in [2.75, 3.05) is 6.61 Å². The van der Waals surface area contributed by atoms with Gasteiger partial charge in [0.2, 0.25) is 0 Å². The molecule has 1 atom stereocenters. The molecule has 0 radical (unpaired) electrons. The molecule has 1 N–H and O–H groups in total. The third-order valence-corrected chi connectivity index (χ3v) is 4.57. The average Bonchev–Trinajstić information content (AvgIpc) is 2.55. The van der Waals surface area contributed by atoms with E-state index < -0.39 is 0 Å². The lowest BCUT2D eigenvalue weighted by molar-refractivity contribution is -0.123. The Morgan fingerprint density at radius 3 is 2.33 bits per heavy atom. The fourth-order valence-corrected chi connectivity index (χ4v) is 2.81. The maximum Gasteiger partial charge on any atom is 0.258 e. The van der Waals surface area contributed by atoms with Crippen LogP contribution in [-0.2, 0) is 4.79 Å². The largest absolute Gasteiger partial charge is 0.482 e. The second-order valence-electron chi connectivity index (χ2n) is 5.42. The topological polar surface area (TPSA) is 38.3 Å². The van der Waals surface area contributed by atoms with Crippen molar-refractivity contribution < 1.29 is 9.53 Å². The number of halogens is 3. The molecule has 0 fully saturated rings. The van der Waals surface area contributed by atoms with Gasteiger partial charge in [-0.25, -0.2) is 0 Å². The van der Waals surface area contributed by atoms with Crippen LogP contribution in [0.5, 0.6) is 5.75 Å². The van der Waals surface area contributed by atoms with Crippen molar-refractivity contribution in [2.24, 2.45) is 0 Å². The molecule has 2 rings (SSSR count). The molecule has 0 aliphatic heterocycles. The molecule has 0 saturated heterocycles. The summed E-state index contributed by atoms with van der Waals surface area (Å²) in [5.41, 5.74) is 2.24. The summed E-state index contributed by atoms with van der Waals surface area (Å²) in [4.78, 5) is 12.2. The Labute approximate surface area is 156 Å². The van der Waals surface area contributed by atoms with Gasteiger partial charge in [-0.15, -0.1) is 0 Å². The van der Waals surface area contributed by atoms with Crippen LogP contribution in [0.1, 0.15) is 30.5 Å². The van der Waals surface area contributed by atoms with Gasteiger partial charge in [0.15, 0.2) is 6.61 Å². The minimum atomic E-state index is -0.232. The van der Waals surface area contributed by atoms with E-state index in [2.05, 4.69) is 5.32 Å². The van der Waals surface area contributed by atoms with Crippen LogP contribution in [0, 0.1) is 6.92 Å². The minimum absolute atomic E-state index is 0.0639. The predicted octanol–water partition coefficient (Wildman–Crippen LogP) is 5.60. The van der Waals surface area contributed by atoms with Crippen LogP contribution in [0.2, 0.25) is 15.1 Å². The van der Waals surface area contributed by atoms with Crippen LogP contribution in [0.25, 0.3) is 0 Å². The van der Waals surface area contributed by atoms with Crippen molar-refractivity contribution in [3.8, 4) is 5.75 Å². The predicted molar refractivity (Wildman–Crippen MR) is 99.3 cm³/mol. The highest BCUT2D eigenvalue weighted by Gasteiger charge is 2.14. The van der Waals surface area contributed by atoms with Gasteiger partial charge in [-0.2, -0.15) is 0 Å². The van der Waals surface area contributed by atoms with Gasteiger partial charge in [-0.3, -0.25) is 4.79 Å². The van der Waals surface area contributed by atoms with E-state index in [4.69, 9.17) is 39.5 Å². The standard InChI is InChI=1S/C18H18Cl3NO2/c1-3-16(12-6-4-11(2)5-7-12)22-18(23)10-24-17-9-14(20)13(19)8-15(17)21/h4-9,16H,3,10H2,1-2H3,(H,22,23)/t16-/m1/s1. The zero-order valence-electron chi connectivity index (χ0n) is 13.4. The normalized spacial score (nSPS) is 11.9. The van der Waals surface area contributed by atoms with Crippen molar-refractivity contribution in [3.63, 3.8) is 0 Å². The van der Waals surface area contributed by atoms with Gasteiger partial charge < -0.3 is 10.1 Å². The first-order valence-electron chi connectivity index (χ1n) is 7.54. The first-order chi connectivity index (χ1) is 11.4. The summed E-state index contributed by atoms with van der Waals surface area (Å²) in [6, 6.07) is 11.0. The van der Waals surface area contributed by atoms with Crippen LogP contribution in [0.4, 0.5) is 0 Å². The maximum atomic E-state index is 12.2. The number of carbonyl (C=O) groups is 1. The molecule has 0 unspecified atom stereocenters. The van der Waals surface area contributed by atoms with E-state index in [9.17, 15) is 4.79 Å². The van der Waals surface area contributed by atoms with Crippen LogP contribution >= 0.6 is 34.8 Å². The van der Waals surface area contributed by atoms with Gasteiger partial charge >= 0.3 is 0 Å². The summed E-state index contributed by atoms with van der Waals surface area (Å²) in [5.74, 6) is 0.0918. The molecular weight excluding hydrogens is 369 g/mol. The van der Waals surface area contributed by atoms with Crippen molar-refractivity contribution in [2.45, 2.75) is 26.3 Å². The number of hydrogen-bond donors (Lipinski definition) is 1. The van der Waals surface area contributed by atoms with E-state index in [0.29, 0.717) is 20.8 Å². The van der Waals surface area contributed by atoms with Crippen molar-refractivity contribution in [1.82, 2.24) is 5.32 Å². The number of aryl methyl sites for hydroxylation is 1. The smallest absolute Gasteiger partial charge is 0.258 e. The minimum Gasteiger partial charge on any atom is -0.482 e. The Kier molecular flexibility index (Phi) is 6.79. The zero-order chi connectivity index (χ0) is 17.7. The van der Waals surface area contributed by atoms with Crippen molar-refractivity contribution >= 4 is 40.7 Å². The first kappa shape index (κ1) is 18.9. The molecule has 0 aromatic heterocycles. The quantitative estimate of drug-likeness (QED) is 0.656. The fourth-order valence-electron chi connectivity index (χ4n) is 2.21. The maximum absolute atomic E-state index is 12.2. The molecule has 0 saturated carbocycles. The van der Waals surface area contributed by atoms with Gasteiger partial charge in [-0.1, -0.05) is 71.6 Å². The summed E-state index contributed by atoms with van der Waals surface area (Å²) in [5, 5.41) is 3.92. The molecule has 0 aliphatic carbocycles. The van der Waals surface area contributed by atoms with Gasteiger partial charge in [0.05, 0.1) is 21.1 Å². The van der Waals surface area contributed by atoms with Crippen LogP contribution in [0.3, 0.4) is 0 Å². The van der Waals surface area contributed by atoms with Gasteiger partial charge in [-0.05, 0) is 25.0 Å². The lowest BCUT2D eigenvalue weighted by Crippen LogP contribution is -2.32. The molecule has 0 aliphatic rings. The molecule has 0 heterocycles. The molecule has 24 heavy (non-hydrogen) atoms. The molecular formula is C18H18Cl3NO2. The Hall–Kier alpha value is -1.42. The van der Waals surface area contributed by atoms with Crippen molar-refractivity contribution in [1.29, 1.82) is 0 Å². The summed E-state index contributed by atoms with van der Waals surface area (Å²) < 4.78 is 5.45. The second kappa shape index (κ2) is 8.61. The average molecular weight is 387 g/mol. The zero-order valence-corrected chi connectivity index (χ0v) is 15.7. The van der Waals surface area contributed by atoms with Crippen LogP contribution in [-0.4, -0.2) is 12.5 Å². The third-order valence-electron chi connectivity index (χ3n) is 3.56. The van der Waals surface area contributed by atoms with Gasteiger partial charge in [0.25, 0.3) is 5.91 Å². The van der Waals surface area contributed by atoms with E-state index in [1.54, 1.807) is 0 Å². The molecule has 2 aromatic carbocycles. The van der Waals surface area contributed by atoms with Crippen LogP contribution in [0.15, 0.2) is 36.4 Å². The Morgan fingerprint density at radius 1 is 1.08 bits per heavy atom. The highest BCUT2D eigenvalue weighted by atomic mass is 35.5.